The van der Waals surface area contributed by atoms with Crippen LogP contribution in [0, 0.1) is 11.7 Å². The van der Waals surface area contributed by atoms with E-state index in [2.05, 4.69) is 20.3 Å². The molecular formula is C20H21FN4OS. The van der Waals surface area contributed by atoms with E-state index >= 15 is 0 Å². The standard InChI is InChI=1S/C20H21FN4OS/c21-17-8-16(6-7-19(17)26-11-14-4-2-1-3-5-14)24-20-25-18(12-27-20)15-9-22-13-23-10-15/h6-10,12-14H,1-5,11H2,(H,24,25). The average Bonchev–Trinajstić information content (AvgIpc) is 3.17. The fraction of sp³-hybridized carbons (Fsp3) is 0.350. The Bertz CT molecular complexity index is 881. The molecule has 2 heterocycles. The Morgan fingerprint density at radius 2 is 1.96 bits per heavy atom. The van der Waals surface area contributed by atoms with Crippen LogP contribution in [0.1, 0.15) is 32.1 Å². The minimum Gasteiger partial charge on any atom is -0.490 e. The van der Waals surface area contributed by atoms with Gasteiger partial charge in [0.25, 0.3) is 0 Å². The molecule has 0 bridgehead atoms. The third-order valence-electron chi connectivity index (χ3n) is 4.74. The molecule has 7 heteroatoms. The Morgan fingerprint density at radius 1 is 1.15 bits per heavy atom. The zero-order valence-electron chi connectivity index (χ0n) is 14.9. The van der Waals surface area contributed by atoms with Gasteiger partial charge >= 0.3 is 0 Å². The van der Waals surface area contributed by atoms with E-state index in [0.29, 0.717) is 29.1 Å². The molecule has 0 atom stereocenters. The molecule has 1 saturated carbocycles. The molecule has 5 nitrogen and oxygen atoms in total. The minimum absolute atomic E-state index is 0.312. The van der Waals surface area contributed by atoms with Gasteiger partial charge in [0.15, 0.2) is 16.7 Å². The van der Waals surface area contributed by atoms with Crippen molar-refractivity contribution in [3.8, 4) is 17.0 Å². The van der Waals surface area contributed by atoms with Crippen molar-refractivity contribution in [1.82, 2.24) is 15.0 Å². The van der Waals surface area contributed by atoms with Crippen molar-refractivity contribution in [3.63, 3.8) is 0 Å². The van der Waals surface area contributed by atoms with Crippen LogP contribution >= 0.6 is 11.3 Å². The second-order valence-corrected chi connectivity index (χ2v) is 7.61. The second kappa shape index (κ2) is 8.43. The predicted octanol–water partition coefficient (Wildman–Crippen LogP) is 5.44. The van der Waals surface area contributed by atoms with Gasteiger partial charge < -0.3 is 10.1 Å². The van der Waals surface area contributed by atoms with E-state index < -0.39 is 0 Å². The van der Waals surface area contributed by atoms with Gasteiger partial charge in [-0.3, -0.25) is 0 Å². The maximum atomic E-state index is 14.4. The Hall–Kier alpha value is -2.54. The van der Waals surface area contributed by atoms with Gasteiger partial charge in [-0.25, -0.2) is 19.3 Å². The average molecular weight is 384 g/mol. The molecule has 0 saturated heterocycles. The number of anilines is 2. The molecule has 1 N–H and O–H groups in total. The first-order valence-electron chi connectivity index (χ1n) is 9.18. The summed E-state index contributed by atoms with van der Waals surface area (Å²) in [4.78, 5) is 12.5. The summed E-state index contributed by atoms with van der Waals surface area (Å²) < 4.78 is 20.1. The van der Waals surface area contributed by atoms with Crippen LogP contribution in [0.2, 0.25) is 0 Å². The monoisotopic (exact) mass is 384 g/mol. The number of nitrogens with one attached hydrogen (secondary N) is 1. The summed E-state index contributed by atoms with van der Waals surface area (Å²) in [6.45, 7) is 0.596. The summed E-state index contributed by atoms with van der Waals surface area (Å²) in [5.41, 5.74) is 2.28. The summed E-state index contributed by atoms with van der Waals surface area (Å²) in [7, 11) is 0. The van der Waals surface area contributed by atoms with E-state index in [1.807, 2.05) is 11.4 Å². The van der Waals surface area contributed by atoms with Crippen molar-refractivity contribution in [2.45, 2.75) is 32.1 Å². The summed E-state index contributed by atoms with van der Waals surface area (Å²) in [5.74, 6) is 0.503. The van der Waals surface area contributed by atoms with Crippen molar-refractivity contribution in [1.29, 1.82) is 0 Å². The fourth-order valence-electron chi connectivity index (χ4n) is 3.28. The SMILES string of the molecule is Fc1cc(Nc2nc(-c3cncnc3)cs2)ccc1OCC1CCCCC1. The second-order valence-electron chi connectivity index (χ2n) is 6.75. The van der Waals surface area contributed by atoms with Crippen LogP contribution in [-0.4, -0.2) is 21.6 Å². The molecule has 1 aliphatic carbocycles. The molecule has 1 fully saturated rings. The molecule has 3 aromatic rings. The zero-order chi connectivity index (χ0) is 18.5. The summed E-state index contributed by atoms with van der Waals surface area (Å²) in [6.07, 6.45) is 11.1. The Kier molecular flexibility index (Phi) is 5.58. The van der Waals surface area contributed by atoms with Crippen molar-refractivity contribution >= 4 is 22.2 Å². The first-order valence-corrected chi connectivity index (χ1v) is 10.1. The van der Waals surface area contributed by atoms with E-state index in [1.54, 1.807) is 18.5 Å². The Morgan fingerprint density at radius 3 is 2.74 bits per heavy atom. The van der Waals surface area contributed by atoms with E-state index in [-0.39, 0.29) is 5.82 Å². The zero-order valence-corrected chi connectivity index (χ0v) is 15.7. The van der Waals surface area contributed by atoms with Crippen molar-refractivity contribution in [3.05, 3.63) is 48.1 Å². The highest BCUT2D eigenvalue weighted by molar-refractivity contribution is 7.14. The third-order valence-corrected chi connectivity index (χ3v) is 5.50. The van der Waals surface area contributed by atoms with Crippen LogP contribution in [0.15, 0.2) is 42.3 Å². The van der Waals surface area contributed by atoms with Crippen LogP contribution in [0.5, 0.6) is 5.75 Å². The molecule has 4 rings (SSSR count). The van der Waals surface area contributed by atoms with E-state index in [1.165, 1.54) is 55.8 Å². The highest BCUT2D eigenvalue weighted by atomic mass is 32.1. The topological polar surface area (TPSA) is 59.9 Å². The number of halogens is 1. The molecule has 0 unspecified atom stereocenters. The molecular weight excluding hydrogens is 363 g/mol. The maximum Gasteiger partial charge on any atom is 0.187 e. The van der Waals surface area contributed by atoms with Gasteiger partial charge in [0.05, 0.1) is 12.3 Å². The van der Waals surface area contributed by atoms with Crippen molar-refractivity contribution in [2.24, 2.45) is 5.92 Å². The minimum atomic E-state index is -0.357. The fourth-order valence-corrected chi connectivity index (χ4v) is 4.02. The lowest BCUT2D eigenvalue weighted by Gasteiger charge is -2.21. The van der Waals surface area contributed by atoms with Crippen LogP contribution < -0.4 is 10.1 Å². The Labute approximate surface area is 161 Å². The van der Waals surface area contributed by atoms with Gasteiger partial charge in [0.1, 0.15) is 6.33 Å². The van der Waals surface area contributed by atoms with Crippen LogP contribution in [0.3, 0.4) is 0 Å². The van der Waals surface area contributed by atoms with Crippen LogP contribution in [-0.2, 0) is 0 Å². The summed E-state index contributed by atoms with van der Waals surface area (Å²) in [6, 6.07) is 4.94. The first kappa shape index (κ1) is 17.9. The lowest BCUT2D eigenvalue weighted by Crippen LogP contribution is -2.15. The number of hydrogen-bond donors (Lipinski definition) is 1. The molecule has 0 radical (unpaired) electrons. The molecule has 1 aliphatic rings. The van der Waals surface area contributed by atoms with Gasteiger partial charge in [0, 0.05) is 35.1 Å². The lowest BCUT2D eigenvalue weighted by atomic mass is 9.90. The Balaban J connectivity index is 1.38. The van der Waals surface area contributed by atoms with Gasteiger partial charge in [-0.15, -0.1) is 11.3 Å². The molecule has 0 aliphatic heterocycles. The number of ether oxygens (including phenoxy) is 1. The summed E-state index contributed by atoms with van der Waals surface area (Å²) in [5, 5.41) is 5.74. The normalized spacial score (nSPS) is 14.9. The van der Waals surface area contributed by atoms with E-state index in [9.17, 15) is 4.39 Å². The lowest BCUT2D eigenvalue weighted by molar-refractivity contribution is 0.202. The number of rotatable bonds is 6. The van der Waals surface area contributed by atoms with Gasteiger partial charge in [0.2, 0.25) is 0 Å². The molecule has 0 amide bonds. The third kappa shape index (κ3) is 4.60. The number of nitrogens with zero attached hydrogens (tertiary/aromatic N) is 3. The molecule has 0 spiro atoms. The highest BCUT2D eigenvalue weighted by Crippen LogP contribution is 2.29. The van der Waals surface area contributed by atoms with Gasteiger partial charge in [-0.05, 0) is 30.9 Å². The largest absolute Gasteiger partial charge is 0.490 e. The first-order chi connectivity index (χ1) is 13.3. The van der Waals surface area contributed by atoms with Crippen LogP contribution in [0.4, 0.5) is 15.2 Å². The quantitative estimate of drug-likeness (QED) is 0.613. The summed E-state index contributed by atoms with van der Waals surface area (Å²) >= 11 is 1.45. The van der Waals surface area contributed by atoms with Crippen LogP contribution in [0.25, 0.3) is 11.3 Å². The number of hydrogen-bond acceptors (Lipinski definition) is 6. The van der Waals surface area contributed by atoms with Gasteiger partial charge in [-0.2, -0.15) is 0 Å². The molecule has 140 valence electrons. The smallest absolute Gasteiger partial charge is 0.187 e. The van der Waals surface area contributed by atoms with Crippen molar-refractivity contribution in [2.75, 3.05) is 11.9 Å². The molecule has 1 aromatic carbocycles. The number of benzene rings is 1. The predicted molar refractivity (Wildman–Crippen MR) is 105 cm³/mol. The van der Waals surface area contributed by atoms with E-state index in [4.69, 9.17) is 4.74 Å². The maximum absolute atomic E-state index is 14.4. The molecule has 2 aromatic heterocycles. The highest BCUT2D eigenvalue weighted by Gasteiger charge is 2.15. The van der Waals surface area contributed by atoms with E-state index in [0.717, 1.165) is 11.3 Å². The van der Waals surface area contributed by atoms with Gasteiger partial charge in [-0.1, -0.05) is 19.3 Å². The number of aromatic nitrogens is 3. The molecule has 27 heavy (non-hydrogen) atoms. The number of thiazole rings is 1. The van der Waals surface area contributed by atoms with Crippen molar-refractivity contribution < 1.29 is 9.13 Å².